The lowest BCUT2D eigenvalue weighted by atomic mass is 10.3. The van der Waals surface area contributed by atoms with E-state index in [1.807, 2.05) is 13.8 Å². The maximum atomic E-state index is 11.8. The fourth-order valence-corrected chi connectivity index (χ4v) is 2.76. The Morgan fingerprint density at radius 1 is 1.63 bits per heavy atom. The summed E-state index contributed by atoms with van der Waals surface area (Å²) in [6.45, 7) is 4.66. The van der Waals surface area contributed by atoms with Crippen LogP contribution in [0.2, 0.25) is 4.34 Å². The molecule has 1 fully saturated rings. The minimum atomic E-state index is -0.326. The summed E-state index contributed by atoms with van der Waals surface area (Å²) >= 11 is 6.99. The molecular formula is C12H15ClN2O3S. The fourth-order valence-electron chi connectivity index (χ4n) is 1.80. The van der Waals surface area contributed by atoms with Gasteiger partial charge in [0, 0.05) is 6.04 Å². The van der Waals surface area contributed by atoms with Crippen LogP contribution in [0.5, 0.6) is 0 Å². The van der Waals surface area contributed by atoms with Crippen molar-refractivity contribution in [2.75, 3.05) is 13.1 Å². The Labute approximate surface area is 120 Å². The molecular weight excluding hydrogens is 288 g/mol. The van der Waals surface area contributed by atoms with Crippen LogP contribution < -0.4 is 5.32 Å². The smallest absolute Gasteiger partial charge is 0.410 e. The lowest BCUT2D eigenvalue weighted by molar-refractivity contribution is 0.0918. The van der Waals surface area contributed by atoms with Crippen molar-refractivity contribution in [1.82, 2.24) is 10.2 Å². The number of rotatable bonds is 4. The highest BCUT2D eigenvalue weighted by molar-refractivity contribution is 7.17. The number of cyclic esters (lactones) is 1. The molecule has 1 atom stereocenters. The molecule has 1 aromatic rings. The number of carbonyl (C=O) groups excluding carboxylic acids is 2. The molecule has 7 heteroatoms. The van der Waals surface area contributed by atoms with Gasteiger partial charge in [0.15, 0.2) is 0 Å². The Balaban J connectivity index is 1.84. The zero-order valence-electron chi connectivity index (χ0n) is 10.7. The van der Waals surface area contributed by atoms with E-state index in [-0.39, 0.29) is 24.1 Å². The molecule has 0 spiro atoms. The van der Waals surface area contributed by atoms with Gasteiger partial charge in [-0.3, -0.25) is 4.79 Å². The summed E-state index contributed by atoms with van der Waals surface area (Å²) in [5.74, 6) is -0.198. The van der Waals surface area contributed by atoms with Gasteiger partial charge in [0.25, 0.3) is 5.91 Å². The summed E-state index contributed by atoms with van der Waals surface area (Å²) in [5, 5.41) is 2.74. The lowest BCUT2D eigenvalue weighted by Gasteiger charge is -2.16. The molecule has 5 nitrogen and oxygen atoms in total. The van der Waals surface area contributed by atoms with Gasteiger partial charge in [-0.05, 0) is 26.0 Å². The van der Waals surface area contributed by atoms with Crippen LogP contribution in [0, 0.1) is 0 Å². The second-order valence-corrected chi connectivity index (χ2v) is 6.28. The molecule has 2 amide bonds. The molecule has 1 saturated heterocycles. The molecule has 1 aliphatic rings. The van der Waals surface area contributed by atoms with E-state index in [2.05, 4.69) is 5.32 Å². The molecule has 0 bridgehead atoms. The lowest BCUT2D eigenvalue weighted by Crippen LogP contribution is -2.36. The number of carbonyl (C=O) groups is 2. The first kappa shape index (κ1) is 14.1. The van der Waals surface area contributed by atoms with E-state index < -0.39 is 0 Å². The third kappa shape index (κ3) is 3.39. The number of hydrogen-bond acceptors (Lipinski definition) is 4. The van der Waals surface area contributed by atoms with E-state index in [1.54, 1.807) is 17.0 Å². The van der Waals surface area contributed by atoms with Crippen molar-refractivity contribution in [2.24, 2.45) is 0 Å². The van der Waals surface area contributed by atoms with E-state index in [9.17, 15) is 9.59 Å². The molecule has 0 aromatic carbocycles. The predicted molar refractivity (Wildman–Crippen MR) is 73.8 cm³/mol. The summed E-state index contributed by atoms with van der Waals surface area (Å²) < 4.78 is 5.75. The largest absolute Gasteiger partial charge is 0.442 e. The monoisotopic (exact) mass is 302 g/mol. The van der Waals surface area contributed by atoms with E-state index in [0.717, 1.165) is 0 Å². The van der Waals surface area contributed by atoms with Gasteiger partial charge in [-0.1, -0.05) is 11.6 Å². The summed E-state index contributed by atoms with van der Waals surface area (Å²) in [4.78, 5) is 25.5. The Bertz CT molecular complexity index is 489. The van der Waals surface area contributed by atoms with Crippen LogP contribution >= 0.6 is 22.9 Å². The van der Waals surface area contributed by atoms with Gasteiger partial charge in [0.2, 0.25) is 0 Å². The quantitative estimate of drug-likeness (QED) is 0.929. The van der Waals surface area contributed by atoms with Crippen molar-refractivity contribution < 1.29 is 14.3 Å². The highest BCUT2D eigenvalue weighted by atomic mass is 35.5. The van der Waals surface area contributed by atoms with Crippen molar-refractivity contribution >= 4 is 34.9 Å². The molecule has 104 valence electrons. The number of hydrogen-bond donors (Lipinski definition) is 1. The number of nitrogens with zero attached hydrogens (tertiary/aromatic N) is 1. The van der Waals surface area contributed by atoms with Crippen LogP contribution in [0.15, 0.2) is 12.1 Å². The van der Waals surface area contributed by atoms with Crippen LogP contribution in [-0.2, 0) is 4.74 Å². The molecule has 0 radical (unpaired) electrons. The predicted octanol–water partition coefficient (Wildman–Crippen LogP) is 2.36. The number of thiophene rings is 1. The van der Waals surface area contributed by atoms with E-state index in [1.165, 1.54) is 11.3 Å². The summed E-state index contributed by atoms with van der Waals surface area (Å²) in [6, 6.07) is 3.45. The van der Waals surface area contributed by atoms with Crippen LogP contribution in [0.4, 0.5) is 4.79 Å². The molecule has 19 heavy (non-hydrogen) atoms. The normalized spacial score (nSPS) is 18.8. The third-order valence-corrected chi connectivity index (χ3v) is 4.04. The highest BCUT2D eigenvalue weighted by Crippen LogP contribution is 2.21. The molecule has 0 saturated carbocycles. The van der Waals surface area contributed by atoms with Crippen molar-refractivity contribution in [1.29, 1.82) is 0 Å². The number of ether oxygens (including phenoxy) is 1. The van der Waals surface area contributed by atoms with Gasteiger partial charge in [0.05, 0.1) is 22.3 Å². The van der Waals surface area contributed by atoms with Crippen LogP contribution in [-0.4, -0.2) is 42.1 Å². The van der Waals surface area contributed by atoms with Crippen LogP contribution in [0.3, 0.4) is 0 Å². The molecule has 1 aliphatic heterocycles. The second-order valence-electron chi connectivity index (χ2n) is 4.57. The summed E-state index contributed by atoms with van der Waals surface area (Å²) in [7, 11) is 0. The van der Waals surface area contributed by atoms with Crippen LogP contribution in [0.25, 0.3) is 0 Å². The fraction of sp³-hybridized carbons (Fsp3) is 0.500. The van der Waals surface area contributed by atoms with Crippen molar-refractivity contribution in [2.45, 2.75) is 26.0 Å². The molecule has 0 aliphatic carbocycles. The average molecular weight is 303 g/mol. The maximum absolute atomic E-state index is 11.8. The number of amides is 2. The number of halogens is 1. The van der Waals surface area contributed by atoms with Gasteiger partial charge in [0.1, 0.15) is 6.10 Å². The Morgan fingerprint density at radius 3 is 2.89 bits per heavy atom. The first-order valence-corrected chi connectivity index (χ1v) is 7.17. The van der Waals surface area contributed by atoms with Crippen LogP contribution in [0.1, 0.15) is 23.5 Å². The maximum Gasteiger partial charge on any atom is 0.410 e. The number of nitrogens with one attached hydrogen (secondary N) is 1. The van der Waals surface area contributed by atoms with Crippen molar-refractivity contribution in [3.05, 3.63) is 21.3 Å². The average Bonchev–Trinajstić information content (AvgIpc) is 2.92. The zero-order valence-corrected chi connectivity index (χ0v) is 12.3. The molecule has 1 unspecified atom stereocenters. The van der Waals surface area contributed by atoms with E-state index in [0.29, 0.717) is 22.3 Å². The zero-order chi connectivity index (χ0) is 14.0. The SMILES string of the molecule is CC(C)N1CC(CNC(=O)c2ccc(Cl)s2)OC1=O. The Kier molecular flexibility index (Phi) is 4.31. The van der Waals surface area contributed by atoms with Crippen molar-refractivity contribution in [3.8, 4) is 0 Å². The van der Waals surface area contributed by atoms with E-state index in [4.69, 9.17) is 16.3 Å². The van der Waals surface area contributed by atoms with Gasteiger partial charge in [-0.15, -0.1) is 11.3 Å². The van der Waals surface area contributed by atoms with Gasteiger partial charge in [-0.2, -0.15) is 0 Å². The topological polar surface area (TPSA) is 58.6 Å². The Hall–Kier alpha value is -1.27. The molecule has 2 rings (SSSR count). The molecule has 1 aromatic heterocycles. The minimum Gasteiger partial charge on any atom is -0.442 e. The second kappa shape index (κ2) is 5.79. The minimum absolute atomic E-state index is 0.101. The first-order chi connectivity index (χ1) is 8.97. The molecule has 1 N–H and O–H groups in total. The van der Waals surface area contributed by atoms with E-state index >= 15 is 0 Å². The third-order valence-electron chi connectivity index (χ3n) is 2.81. The summed E-state index contributed by atoms with van der Waals surface area (Å²) in [5.41, 5.74) is 0. The summed E-state index contributed by atoms with van der Waals surface area (Å²) in [6.07, 6.45) is -0.622. The highest BCUT2D eigenvalue weighted by Gasteiger charge is 2.32. The van der Waals surface area contributed by atoms with Gasteiger partial charge >= 0.3 is 6.09 Å². The van der Waals surface area contributed by atoms with Gasteiger partial charge < -0.3 is 15.0 Å². The Morgan fingerprint density at radius 2 is 2.37 bits per heavy atom. The molecule has 2 heterocycles. The van der Waals surface area contributed by atoms with Gasteiger partial charge in [-0.25, -0.2) is 4.79 Å². The van der Waals surface area contributed by atoms with Crippen molar-refractivity contribution in [3.63, 3.8) is 0 Å². The standard InChI is InChI=1S/C12H15ClN2O3S/c1-7(2)15-6-8(18-12(15)17)5-14-11(16)9-3-4-10(13)19-9/h3-4,7-8H,5-6H2,1-2H3,(H,14,16). The first-order valence-electron chi connectivity index (χ1n) is 5.98.